The number of phenols is 1. The Kier molecular flexibility index (Phi) is 39.4. The Morgan fingerprint density at radius 2 is 1.04 bits per heavy atom. The van der Waals surface area contributed by atoms with E-state index in [1.54, 1.807) is 60.9 Å². The van der Waals surface area contributed by atoms with Crippen molar-refractivity contribution in [2.45, 2.75) is 239 Å². The molecule has 0 aliphatic carbocycles. The number of H-pyrrole nitrogens is 3. The van der Waals surface area contributed by atoms with Crippen LogP contribution in [0.2, 0.25) is 0 Å². The average Bonchev–Trinajstić information content (AvgIpc) is 1.17. The number of aliphatic carboxylic acids is 1. The van der Waals surface area contributed by atoms with Crippen LogP contribution in [0.15, 0.2) is 97.7 Å². The molecule has 4 fully saturated rings. The fraction of sp³-hybridized carbons (Fsp3) is 0.522. The third-order valence-corrected chi connectivity index (χ3v) is 26.1. The van der Waals surface area contributed by atoms with Gasteiger partial charge in [-0.05, 0) is 105 Å². The molecule has 47 heteroatoms. The van der Waals surface area contributed by atoms with E-state index in [4.69, 9.17) is 22.6 Å². The van der Waals surface area contributed by atoms with Gasteiger partial charge in [-0.1, -0.05) is 88.1 Å². The number of aromatic nitrogens is 4. The van der Waals surface area contributed by atoms with E-state index in [0.29, 0.717) is 77.0 Å². The number of carbonyl (C=O) groups excluding carboxylic acids is 17. The van der Waals surface area contributed by atoms with Crippen molar-refractivity contribution in [1.82, 2.24) is 103 Å². The van der Waals surface area contributed by atoms with E-state index in [1.807, 2.05) is 13.8 Å². The monoisotopic (exact) mass is 1950 g/mol. The van der Waals surface area contributed by atoms with Crippen molar-refractivity contribution in [2.75, 3.05) is 64.9 Å². The predicted octanol–water partition coefficient (Wildman–Crippen LogP) is -3.58. The van der Waals surface area contributed by atoms with E-state index in [1.165, 1.54) is 55.8 Å². The van der Waals surface area contributed by atoms with Crippen LogP contribution < -0.4 is 75.7 Å². The number of benzene rings is 3. The highest BCUT2D eigenvalue weighted by Crippen LogP contribution is 2.29. The highest BCUT2D eigenvalue weighted by molar-refractivity contribution is 8.00. The molecule has 10 rings (SSSR count). The molecule has 0 unspecified atom stereocenters. The van der Waals surface area contributed by atoms with Gasteiger partial charge in [0.05, 0.1) is 37.8 Å². The zero-order chi connectivity index (χ0) is 101. The third-order valence-electron chi connectivity index (χ3n) is 25.0. The summed E-state index contributed by atoms with van der Waals surface area (Å²) in [5, 5.41) is 80.9. The zero-order valence-electron chi connectivity index (χ0n) is 77.9. The largest absolute Gasteiger partial charge is 0.508 e. The van der Waals surface area contributed by atoms with Gasteiger partial charge in [0, 0.05) is 131 Å². The molecule has 6 aromatic rings. The van der Waals surface area contributed by atoms with Gasteiger partial charge in [-0.2, -0.15) is 0 Å². The molecular weight excluding hydrogens is 1830 g/mol. The summed E-state index contributed by atoms with van der Waals surface area (Å²) in [6.07, 6.45) is 2.10. The number of aliphatic hydroxyl groups is 2. The van der Waals surface area contributed by atoms with Crippen molar-refractivity contribution in [3.8, 4) is 5.75 Å². The first-order valence-corrected chi connectivity index (χ1v) is 47.6. The quantitative estimate of drug-likeness (QED) is 0.0135. The lowest BCUT2D eigenvalue weighted by atomic mass is 9.97. The van der Waals surface area contributed by atoms with E-state index in [-0.39, 0.29) is 95.3 Å². The number of nitrogens with zero attached hydrogens (tertiary/aromatic N) is 6. The van der Waals surface area contributed by atoms with Gasteiger partial charge in [0.25, 0.3) is 0 Å². The molecule has 4 aliphatic rings. The molecule has 17 amide bonds. The number of carboxylic acids is 1. The summed E-state index contributed by atoms with van der Waals surface area (Å²) in [7, 11) is 2.66. The number of guanidine groups is 1. The Balaban J connectivity index is 1.03. The molecule has 0 spiro atoms. The number of aliphatic hydroxyl groups excluding tert-OH is 2. The number of carbonyl (C=O) groups is 18. The van der Waals surface area contributed by atoms with Crippen LogP contribution in [-0.2, 0) is 112 Å². The molecule has 0 radical (unpaired) electrons. The number of carboxylic acid groups (broad SMARTS) is 1. The number of likely N-dealkylation sites (N-methyl/N-ethyl adjacent to an activating group) is 2. The molecule has 752 valence electrons. The number of nitrogens with one attached hydrogen (secondary N) is 15. The van der Waals surface area contributed by atoms with Crippen LogP contribution in [0, 0.1) is 5.41 Å². The molecule has 3 aromatic heterocycles. The first-order valence-electron chi connectivity index (χ1n) is 46.5. The second kappa shape index (κ2) is 51.2. The van der Waals surface area contributed by atoms with Gasteiger partial charge in [0.1, 0.15) is 90.3 Å². The number of unbranched alkanes of at least 4 members (excludes halogenated alkanes) is 2. The molecule has 15 atom stereocenters. The molecular formula is C92H126N24O22S. The second-order valence-electron chi connectivity index (χ2n) is 35.2. The number of aromatic amines is 3. The molecule has 25 N–H and O–H groups in total. The lowest BCUT2D eigenvalue weighted by Crippen LogP contribution is -2.62. The maximum absolute atomic E-state index is 15.8. The summed E-state index contributed by atoms with van der Waals surface area (Å²) in [4.78, 5) is 283. The maximum atomic E-state index is 15.8. The van der Waals surface area contributed by atoms with Crippen LogP contribution in [0.4, 0.5) is 0 Å². The van der Waals surface area contributed by atoms with E-state index in [0.717, 1.165) is 31.4 Å². The zero-order valence-corrected chi connectivity index (χ0v) is 78.7. The van der Waals surface area contributed by atoms with Crippen LogP contribution in [0.25, 0.3) is 21.8 Å². The topological polar surface area (TPSA) is 699 Å². The second-order valence-corrected chi connectivity index (χ2v) is 36.2. The van der Waals surface area contributed by atoms with Crippen LogP contribution in [0.5, 0.6) is 5.75 Å². The number of amides is 17. The highest BCUT2D eigenvalue weighted by Gasteiger charge is 2.48. The minimum absolute atomic E-state index is 0.0231. The summed E-state index contributed by atoms with van der Waals surface area (Å²) in [5.41, 5.74) is 19.6. The number of nitrogens with two attached hydrogens (primary N) is 3. The Bertz CT molecular complexity index is 5410. The van der Waals surface area contributed by atoms with Gasteiger partial charge in [0.15, 0.2) is 5.96 Å². The van der Waals surface area contributed by atoms with Gasteiger partial charge in [-0.3, -0.25) is 91.7 Å². The smallest absolute Gasteiger partial charge is 0.303 e. The SMILES string of the molecule is CCCC[C@H]1C(=O)N(C)[C@@H](CCCC)C(=O)N[C@@H](CCCNC(=N)N)C(=O)N[C@H](C(=O)NCC(N)=O)CSCC(=O)N[C@@H](Cc2ccc(O)cc2)C(=O)N2CCCC[C@H]2C(=O)N[C@@H](CC(N)=O)C(=O)N2CCC[C@H]2C(=O)N[C@@H](Cc2cnc[nH]2)C(=O)N[C@@H](CCC(=O)O)C(=O)N2C[C@H](O)C[C@H]2C(=O)N[C@@H](Cc2c[nH]c3ccccc23)C(=O)N[C@@H](CO)C(=O)N[C@@H](Cc2c[nH]c3ccccc23)C(=O)N1C. The summed E-state index contributed by atoms with van der Waals surface area (Å²) in [6.45, 7) is 0.879. The van der Waals surface area contributed by atoms with Crippen molar-refractivity contribution in [2.24, 2.45) is 17.2 Å². The minimum atomic E-state index is -1.94. The number of hydrogen-bond acceptors (Lipinski definition) is 24. The summed E-state index contributed by atoms with van der Waals surface area (Å²) in [5.74, 6) is -19.8. The molecule has 4 aliphatic heterocycles. The Labute approximate surface area is 804 Å². The molecule has 7 heterocycles. The van der Waals surface area contributed by atoms with Crippen molar-refractivity contribution >= 4 is 146 Å². The Hall–Kier alpha value is -14.3. The van der Waals surface area contributed by atoms with Gasteiger partial charge in [-0.15, -0.1) is 11.8 Å². The fourth-order valence-electron chi connectivity index (χ4n) is 17.7. The van der Waals surface area contributed by atoms with Crippen LogP contribution in [-0.4, -0.2) is 333 Å². The molecule has 3 aromatic carbocycles. The van der Waals surface area contributed by atoms with Crippen molar-refractivity contribution in [3.05, 3.63) is 120 Å². The van der Waals surface area contributed by atoms with Crippen LogP contribution in [0.3, 0.4) is 0 Å². The Morgan fingerprint density at radius 1 is 0.518 bits per heavy atom. The first-order chi connectivity index (χ1) is 66.4. The van der Waals surface area contributed by atoms with E-state index < -0.39 is 266 Å². The van der Waals surface area contributed by atoms with Gasteiger partial charge < -0.3 is 136 Å². The number of thioether (sulfide) groups is 1. The van der Waals surface area contributed by atoms with Crippen LogP contribution in [0.1, 0.15) is 145 Å². The van der Waals surface area contributed by atoms with Gasteiger partial charge in [0.2, 0.25) is 100 Å². The van der Waals surface area contributed by atoms with E-state index in [2.05, 4.69) is 78.4 Å². The molecule has 0 bridgehead atoms. The number of piperidine rings is 1. The number of primary amides is 2. The van der Waals surface area contributed by atoms with Crippen molar-refractivity contribution in [1.29, 1.82) is 5.41 Å². The lowest BCUT2D eigenvalue weighted by molar-refractivity contribution is -0.149. The Morgan fingerprint density at radius 3 is 1.64 bits per heavy atom. The van der Waals surface area contributed by atoms with Gasteiger partial charge >= 0.3 is 5.97 Å². The molecule has 0 saturated carbocycles. The van der Waals surface area contributed by atoms with Crippen molar-refractivity contribution in [3.63, 3.8) is 0 Å². The molecule has 139 heavy (non-hydrogen) atoms. The lowest BCUT2D eigenvalue weighted by Gasteiger charge is -2.38. The number of aromatic hydroxyl groups is 1. The third kappa shape index (κ3) is 29.6. The van der Waals surface area contributed by atoms with E-state index in [9.17, 15) is 54.0 Å². The molecule has 46 nitrogen and oxygen atoms in total. The summed E-state index contributed by atoms with van der Waals surface area (Å²) >= 11 is 0.766. The number of rotatable bonds is 27. The number of fused-ring (bicyclic) bond motifs is 5. The number of hydrogen-bond donors (Lipinski definition) is 22. The summed E-state index contributed by atoms with van der Waals surface area (Å²) in [6, 6.07) is -3.24. The maximum Gasteiger partial charge on any atom is 0.303 e. The average molecular weight is 1950 g/mol. The fourth-order valence-corrected chi connectivity index (χ4v) is 18.5. The van der Waals surface area contributed by atoms with Gasteiger partial charge in [-0.25, -0.2) is 4.98 Å². The number of para-hydroxylation sites is 2. The standard InChI is InChI=1S/C92H126N24O22S/c1-5-7-22-69-83(130)104-60(21-15-32-98-92(95)96)79(126)111-68(78(125)101-44-75(94)121)47-139-48-76(122)103-64(35-50-26-28-54(118)29-27-50)89(136)114-33-14-13-24-70(114)85(132)109-66(40-74(93)120)90(137)115-34-16-25-71(115)84(131)107-63(38-53-43-97-49-102-53)81(128)105-61(30-31-77(123)124)88(135)116-45-55(119)39-73(116)86(133)106-62(36-51-41-99-58-19-11-9-17-56(51)58)80(127)110-67(46-117)82(129)108-65(37-52-42-100-59-20-12-10-18-57(52)59)87(134)113(4)72(23-8-6-2)91(138)112(69)3/h9-12,17-20,26-29,41-43,49,55,60-73,99-100,117-119H,5-8,13-16,21-25,30-40,44-48H2,1-4H3,(H2,93,120)(H2,94,121)(H,97,102)(H,101,125)(H,103,122)(H,104,130)(H,105,128)(H,106,133)(H,107,131)(H,108,129)(H,109,132)(H,110,127)(H,111,126)(H,123,124)(H4,95,96,98)/t55-,60+,61+,62+,63+,64+,65+,66+,67+,68+,69+,70+,71+,72+,73+/m1/s1. The summed E-state index contributed by atoms with van der Waals surface area (Å²) < 4.78 is 0. The van der Waals surface area contributed by atoms with Crippen molar-refractivity contribution < 1.29 is 107 Å². The van der Waals surface area contributed by atoms with E-state index >= 15 is 52.7 Å². The number of phenolic OH excluding ortho intramolecular Hbond substituents is 1. The van der Waals surface area contributed by atoms with Crippen LogP contribution >= 0.6 is 11.8 Å². The first kappa shape index (κ1) is 107. The predicted molar refractivity (Wildman–Crippen MR) is 504 cm³/mol. The highest BCUT2D eigenvalue weighted by atomic mass is 32.2. The normalized spacial score (nSPS) is 24.8. The number of imidazole rings is 1. The minimum Gasteiger partial charge on any atom is -0.508 e. The molecule has 4 saturated heterocycles.